The maximum atomic E-state index is 12.8. The van der Waals surface area contributed by atoms with Gasteiger partial charge < -0.3 is 9.47 Å². The smallest absolute Gasteiger partial charge is 0.338 e. The molecule has 0 unspecified atom stereocenters. The lowest BCUT2D eigenvalue weighted by atomic mass is 10.2. The van der Waals surface area contributed by atoms with E-state index in [4.69, 9.17) is 9.47 Å². The molecule has 0 aliphatic rings. The Morgan fingerprint density at radius 2 is 1.67 bits per heavy atom. The molecule has 0 bridgehead atoms. The SMILES string of the molecule is CCOC(=O)c1ccc(S(=O)(=O)NNC(=O)COc2ccc(F)cc2)cc1. The number of amides is 1. The van der Waals surface area contributed by atoms with E-state index in [9.17, 15) is 22.4 Å². The second-order valence-electron chi connectivity index (χ2n) is 5.14. The largest absolute Gasteiger partial charge is 0.484 e. The minimum absolute atomic E-state index is 0.157. The van der Waals surface area contributed by atoms with Crippen LogP contribution in [-0.2, 0) is 19.6 Å². The quantitative estimate of drug-likeness (QED) is 0.515. The molecule has 27 heavy (non-hydrogen) atoms. The molecular weight excluding hydrogens is 379 g/mol. The summed E-state index contributed by atoms with van der Waals surface area (Å²) in [6, 6.07) is 9.99. The van der Waals surface area contributed by atoms with Crippen LogP contribution in [0, 0.1) is 5.82 Å². The van der Waals surface area contributed by atoms with Crippen LogP contribution in [0.4, 0.5) is 4.39 Å². The minimum Gasteiger partial charge on any atom is -0.484 e. The van der Waals surface area contributed by atoms with Crippen molar-refractivity contribution in [3.8, 4) is 5.75 Å². The Kier molecular flexibility index (Phi) is 6.85. The number of hydrogen-bond donors (Lipinski definition) is 2. The molecule has 0 saturated carbocycles. The summed E-state index contributed by atoms with van der Waals surface area (Å²) in [6.45, 7) is 1.38. The van der Waals surface area contributed by atoms with Crippen LogP contribution < -0.4 is 15.0 Å². The molecule has 2 N–H and O–H groups in total. The Hall–Kier alpha value is -2.98. The predicted octanol–water partition coefficient (Wildman–Crippen LogP) is 1.39. The zero-order valence-corrected chi connectivity index (χ0v) is 15.1. The van der Waals surface area contributed by atoms with E-state index in [1.807, 2.05) is 10.3 Å². The molecule has 0 spiro atoms. The third-order valence-corrected chi connectivity index (χ3v) is 4.45. The molecule has 0 aliphatic carbocycles. The van der Waals surface area contributed by atoms with Crippen molar-refractivity contribution >= 4 is 21.9 Å². The number of carbonyl (C=O) groups is 2. The predicted molar refractivity (Wildman–Crippen MR) is 92.8 cm³/mol. The van der Waals surface area contributed by atoms with Gasteiger partial charge in [-0.15, -0.1) is 4.83 Å². The van der Waals surface area contributed by atoms with E-state index >= 15 is 0 Å². The highest BCUT2D eigenvalue weighted by molar-refractivity contribution is 7.89. The molecule has 10 heteroatoms. The van der Waals surface area contributed by atoms with Crippen molar-refractivity contribution in [1.29, 1.82) is 0 Å². The highest BCUT2D eigenvalue weighted by Crippen LogP contribution is 2.12. The van der Waals surface area contributed by atoms with Crippen LogP contribution in [0.1, 0.15) is 17.3 Å². The van der Waals surface area contributed by atoms with Crippen molar-refractivity contribution in [2.75, 3.05) is 13.2 Å². The van der Waals surface area contributed by atoms with Crippen LogP contribution in [-0.4, -0.2) is 33.5 Å². The number of ether oxygens (including phenoxy) is 2. The molecule has 0 radical (unpaired) electrons. The summed E-state index contributed by atoms with van der Waals surface area (Å²) in [5, 5.41) is 0. The number of halogens is 1. The highest BCUT2D eigenvalue weighted by atomic mass is 32.2. The molecular formula is C17H17FN2O6S. The zero-order chi connectivity index (χ0) is 19.9. The first-order valence-electron chi connectivity index (χ1n) is 7.78. The first-order valence-corrected chi connectivity index (χ1v) is 9.26. The monoisotopic (exact) mass is 396 g/mol. The Morgan fingerprint density at radius 3 is 2.26 bits per heavy atom. The summed E-state index contributed by atoms with van der Waals surface area (Å²) in [5.41, 5.74) is 2.19. The normalized spacial score (nSPS) is 10.9. The number of sulfonamides is 1. The standard InChI is InChI=1S/C17H17FN2O6S/c1-2-25-17(22)12-3-9-15(10-4-12)27(23,24)20-19-16(21)11-26-14-7-5-13(18)6-8-14/h3-10,20H,2,11H2,1H3,(H,19,21). The number of esters is 1. The van der Waals surface area contributed by atoms with Crippen LogP contribution in [0.2, 0.25) is 0 Å². The van der Waals surface area contributed by atoms with Gasteiger partial charge in [0.25, 0.3) is 15.9 Å². The van der Waals surface area contributed by atoms with Crippen LogP contribution in [0.3, 0.4) is 0 Å². The van der Waals surface area contributed by atoms with Gasteiger partial charge in [0.05, 0.1) is 17.1 Å². The van der Waals surface area contributed by atoms with Gasteiger partial charge in [0.2, 0.25) is 0 Å². The lowest BCUT2D eigenvalue weighted by molar-refractivity contribution is -0.123. The Balaban J connectivity index is 1.88. The fourth-order valence-corrected chi connectivity index (χ4v) is 2.74. The van der Waals surface area contributed by atoms with E-state index in [0.717, 1.165) is 12.1 Å². The van der Waals surface area contributed by atoms with Crippen LogP contribution in [0.25, 0.3) is 0 Å². The first kappa shape index (κ1) is 20.3. The summed E-state index contributed by atoms with van der Waals surface area (Å²) >= 11 is 0. The fraction of sp³-hybridized carbons (Fsp3) is 0.176. The summed E-state index contributed by atoms with van der Waals surface area (Å²) in [7, 11) is -4.04. The lowest BCUT2D eigenvalue weighted by Crippen LogP contribution is -2.43. The lowest BCUT2D eigenvalue weighted by Gasteiger charge is -2.10. The molecule has 0 heterocycles. The Morgan fingerprint density at radius 1 is 1.04 bits per heavy atom. The summed E-state index contributed by atoms with van der Waals surface area (Å²) in [5.74, 6) is -1.52. The van der Waals surface area contributed by atoms with Gasteiger partial charge in [0.15, 0.2) is 6.61 Å². The van der Waals surface area contributed by atoms with E-state index in [1.54, 1.807) is 6.92 Å². The Bertz CT molecular complexity index is 898. The summed E-state index contributed by atoms with van der Waals surface area (Å²) in [6.07, 6.45) is 0. The number of hydrazine groups is 1. The van der Waals surface area contributed by atoms with Crippen molar-refractivity contribution in [2.24, 2.45) is 0 Å². The maximum absolute atomic E-state index is 12.8. The fourth-order valence-electron chi connectivity index (χ4n) is 1.88. The van der Waals surface area contributed by atoms with Crippen molar-refractivity contribution < 1.29 is 31.9 Å². The maximum Gasteiger partial charge on any atom is 0.338 e. The molecule has 144 valence electrons. The van der Waals surface area contributed by atoms with Gasteiger partial charge in [0, 0.05) is 0 Å². The van der Waals surface area contributed by atoms with Gasteiger partial charge in [-0.3, -0.25) is 10.2 Å². The van der Waals surface area contributed by atoms with Crippen molar-refractivity contribution in [1.82, 2.24) is 10.3 Å². The van der Waals surface area contributed by atoms with E-state index in [0.29, 0.717) is 0 Å². The Labute approximate surface area is 155 Å². The summed E-state index contributed by atoms with van der Waals surface area (Å²) in [4.78, 5) is 25.0. The highest BCUT2D eigenvalue weighted by Gasteiger charge is 2.16. The zero-order valence-electron chi connectivity index (χ0n) is 14.3. The first-order chi connectivity index (χ1) is 12.8. The van der Waals surface area contributed by atoms with Crippen molar-refractivity contribution in [3.63, 3.8) is 0 Å². The van der Waals surface area contributed by atoms with Gasteiger partial charge in [-0.2, -0.15) is 0 Å². The van der Waals surface area contributed by atoms with E-state index in [-0.39, 0.29) is 22.8 Å². The molecule has 2 aromatic rings. The van der Waals surface area contributed by atoms with Gasteiger partial charge in [-0.25, -0.2) is 17.6 Å². The topological polar surface area (TPSA) is 111 Å². The molecule has 8 nitrogen and oxygen atoms in total. The average Bonchev–Trinajstić information content (AvgIpc) is 2.66. The van der Waals surface area contributed by atoms with Crippen LogP contribution in [0.15, 0.2) is 53.4 Å². The molecule has 1 amide bonds. The molecule has 2 aromatic carbocycles. The number of benzene rings is 2. The molecule has 0 atom stereocenters. The molecule has 2 rings (SSSR count). The van der Waals surface area contributed by atoms with Crippen molar-refractivity contribution in [2.45, 2.75) is 11.8 Å². The van der Waals surface area contributed by atoms with Crippen molar-refractivity contribution in [3.05, 3.63) is 59.9 Å². The van der Waals surface area contributed by atoms with Gasteiger partial charge >= 0.3 is 5.97 Å². The number of carbonyl (C=O) groups excluding carboxylic acids is 2. The van der Waals surface area contributed by atoms with Crippen LogP contribution >= 0.6 is 0 Å². The van der Waals surface area contributed by atoms with Gasteiger partial charge in [-0.1, -0.05) is 0 Å². The number of hydrogen-bond acceptors (Lipinski definition) is 6. The molecule has 0 saturated heterocycles. The summed E-state index contributed by atoms with van der Waals surface area (Å²) < 4.78 is 46.9. The number of rotatable bonds is 8. The van der Waals surface area contributed by atoms with E-state index < -0.39 is 34.3 Å². The van der Waals surface area contributed by atoms with Gasteiger partial charge in [-0.05, 0) is 55.5 Å². The molecule has 0 aliphatic heterocycles. The number of nitrogens with one attached hydrogen (secondary N) is 2. The van der Waals surface area contributed by atoms with Gasteiger partial charge in [0.1, 0.15) is 11.6 Å². The third-order valence-electron chi connectivity index (χ3n) is 3.18. The van der Waals surface area contributed by atoms with E-state index in [1.165, 1.54) is 36.4 Å². The van der Waals surface area contributed by atoms with E-state index in [2.05, 4.69) is 0 Å². The minimum atomic E-state index is -4.04. The second kappa shape index (κ2) is 9.10. The van der Waals surface area contributed by atoms with Crippen LogP contribution in [0.5, 0.6) is 5.75 Å². The third kappa shape index (κ3) is 6.04. The average molecular weight is 396 g/mol. The molecule has 0 aromatic heterocycles. The second-order valence-corrected chi connectivity index (χ2v) is 6.82. The molecule has 0 fully saturated rings.